The van der Waals surface area contributed by atoms with Crippen molar-refractivity contribution in [2.24, 2.45) is 0 Å². The summed E-state index contributed by atoms with van der Waals surface area (Å²) < 4.78 is 38.2. The summed E-state index contributed by atoms with van der Waals surface area (Å²) in [7, 11) is -3.92. The third-order valence-corrected chi connectivity index (χ3v) is 8.00. The number of halogens is 1. The van der Waals surface area contributed by atoms with Crippen LogP contribution in [0.2, 0.25) is 5.02 Å². The molecule has 9 nitrogen and oxygen atoms in total. The number of nitrogens with one attached hydrogen (secondary N) is 1. The fraction of sp³-hybridized carbons (Fsp3) is 0.333. The molecule has 1 atom stereocenters. The van der Waals surface area contributed by atoms with Crippen LogP contribution in [0.5, 0.6) is 11.5 Å². The predicted octanol–water partition coefficient (Wildman–Crippen LogP) is 4.04. The number of anilines is 1. The summed E-state index contributed by atoms with van der Waals surface area (Å²) in [6.07, 6.45) is 1.25. The van der Waals surface area contributed by atoms with Crippen molar-refractivity contribution in [2.75, 3.05) is 30.3 Å². The van der Waals surface area contributed by atoms with E-state index in [2.05, 4.69) is 5.32 Å². The van der Waals surface area contributed by atoms with E-state index in [4.69, 9.17) is 21.1 Å². The molecular weight excluding hydrogens is 566 g/mol. The number of amides is 2. The maximum Gasteiger partial charge on any atom is 0.244 e. The van der Waals surface area contributed by atoms with Gasteiger partial charge in [-0.1, -0.05) is 60.1 Å². The van der Waals surface area contributed by atoms with E-state index in [-0.39, 0.29) is 30.6 Å². The average molecular weight is 600 g/mol. The van der Waals surface area contributed by atoms with Crippen LogP contribution in [0, 0.1) is 0 Å². The van der Waals surface area contributed by atoms with E-state index in [1.807, 2.05) is 44.2 Å². The largest absolute Gasteiger partial charge is 0.486 e. The van der Waals surface area contributed by atoms with Crippen molar-refractivity contribution < 1.29 is 27.5 Å². The highest BCUT2D eigenvalue weighted by Crippen LogP contribution is 2.35. The third-order valence-electron chi connectivity index (χ3n) is 6.49. The highest BCUT2D eigenvalue weighted by Gasteiger charge is 2.34. The van der Waals surface area contributed by atoms with Crippen LogP contribution in [0.25, 0.3) is 0 Å². The number of hydrogen-bond donors (Lipinski definition) is 1. The summed E-state index contributed by atoms with van der Waals surface area (Å²) in [4.78, 5) is 29.1. The van der Waals surface area contributed by atoms with Crippen molar-refractivity contribution >= 4 is 39.1 Å². The van der Waals surface area contributed by atoms with E-state index in [1.54, 1.807) is 36.4 Å². The Bertz CT molecular complexity index is 1480. The zero-order chi connectivity index (χ0) is 29.6. The quantitative estimate of drug-likeness (QED) is 0.357. The molecule has 1 aliphatic rings. The Kier molecular flexibility index (Phi) is 9.77. The van der Waals surface area contributed by atoms with Crippen LogP contribution >= 0.6 is 11.6 Å². The van der Waals surface area contributed by atoms with Gasteiger partial charge < -0.3 is 19.7 Å². The smallest absolute Gasteiger partial charge is 0.244 e. The summed E-state index contributed by atoms with van der Waals surface area (Å²) >= 11 is 6.47. The molecule has 0 spiro atoms. The summed E-state index contributed by atoms with van der Waals surface area (Å²) in [5, 5.41) is 3.35. The molecule has 1 unspecified atom stereocenters. The zero-order valence-electron chi connectivity index (χ0n) is 23.2. The normalized spacial score (nSPS) is 13.4. The first-order valence-corrected chi connectivity index (χ1v) is 15.5. The maximum atomic E-state index is 14.1. The minimum absolute atomic E-state index is 0.000261. The van der Waals surface area contributed by atoms with Gasteiger partial charge in [0.1, 0.15) is 25.8 Å². The predicted molar refractivity (Wildman–Crippen MR) is 159 cm³/mol. The molecule has 0 aromatic heterocycles. The van der Waals surface area contributed by atoms with Crippen LogP contribution in [0.4, 0.5) is 5.69 Å². The summed E-state index contributed by atoms with van der Waals surface area (Å²) in [6, 6.07) is 20.0. The van der Waals surface area contributed by atoms with Gasteiger partial charge in [-0.15, -0.1) is 0 Å². The monoisotopic (exact) mass is 599 g/mol. The molecule has 0 saturated carbocycles. The van der Waals surface area contributed by atoms with Crippen molar-refractivity contribution in [3.8, 4) is 11.5 Å². The lowest BCUT2D eigenvalue weighted by Gasteiger charge is -2.34. The first-order chi connectivity index (χ1) is 19.5. The van der Waals surface area contributed by atoms with E-state index < -0.39 is 28.5 Å². The van der Waals surface area contributed by atoms with Gasteiger partial charge in [0.15, 0.2) is 11.5 Å². The minimum Gasteiger partial charge on any atom is -0.486 e. The van der Waals surface area contributed by atoms with Gasteiger partial charge in [0.05, 0.1) is 11.9 Å². The van der Waals surface area contributed by atoms with Crippen LogP contribution in [-0.4, -0.2) is 63.2 Å². The van der Waals surface area contributed by atoms with Crippen LogP contribution in [0.15, 0.2) is 72.8 Å². The lowest BCUT2D eigenvalue weighted by molar-refractivity contribution is -0.140. The van der Waals surface area contributed by atoms with Gasteiger partial charge in [-0.3, -0.25) is 13.9 Å². The number of carbonyl (C=O) groups excluding carboxylic acids is 2. The van der Waals surface area contributed by atoms with E-state index in [0.29, 0.717) is 35.3 Å². The summed E-state index contributed by atoms with van der Waals surface area (Å²) in [5.74, 6) is -0.0333. The van der Waals surface area contributed by atoms with Gasteiger partial charge in [0.2, 0.25) is 21.8 Å². The van der Waals surface area contributed by atoms with Gasteiger partial charge >= 0.3 is 0 Å². The molecule has 1 heterocycles. The first-order valence-electron chi connectivity index (χ1n) is 13.3. The highest BCUT2D eigenvalue weighted by atomic mass is 35.5. The summed E-state index contributed by atoms with van der Waals surface area (Å²) in [5.41, 5.74) is 1.72. The Labute approximate surface area is 246 Å². The molecule has 4 rings (SSSR count). The number of nitrogens with zero attached hydrogens (tertiary/aromatic N) is 2. The van der Waals surface area contributed by atoms with E-state index >= 15 is 0 Å². The average Bonchev–Trinajstić information content (AvgIpc) is 2.93. The fourth-order valence-corrected chi connectivity index (χ4v) is 5.58. The second-order valence-electron chi connectivity index (χ2n) is 10.1. The second-order valence-corrected chi connectivity index (χ2v) is 12.4. The Balaban J connectivity index is 1.74. The maximum absolute atomic E-state index is 14.1. The van der Waals surface area contributed by atoms with Crippen LogP contribution in [0.1, 0.15) is 25.0 Å². The highest BCUT2D eigenvalue weighted by molar-refractivity contribution is 7.92. The first kappa shape index (κ1) is 30.2. The molecule has 3 aromatic rings. The Morgan fingerprint density at radius 1 is 0.951 bits per heavy atom. The van der Waals surface area contributed by atoms with Gasteiger partial charge in [-0.05, 0) is 43.2 Å². The van der Waals surface area contributed by atoms with Gasteiger partial charge in [0, 0.05) is 30.1 Å². The van der Waals surface area contributed by atoms with E-state index in [1.165, 1.54) is 11.0 Å². The molecule has 0 bridgehead atoms. The van der Waals surface area contributed by atoms with Gasteiger partial charge in [-0.25, -0.2) is 8.42 Å². The molecule has 2 amide bonds. The zero-order valence-corrected chi connectivity index (χ0v) is 24.8. The van der Waals surface area contributed by atoms with Crippen molar-refractivity contribution in [1.82, 2.24) is 10.2 Å². The lowest BCUT2D eigenvalue weighted by atomic mass is 10.0. The second kappa shape index (κ2) is 13.3. The molecule has 3 aromatic carbocycles. The molecule has 0 aliphatic carbocycles. The van der Waals surface area contributed by atoms with Gasteiger partial charge in [-0.2, -0.15) is 0 Å². The molecule has 218 valence electrons. The number of carbonyl (C=O) groups is 2. The standard InChI is InChI=1S/C30H34ClN3O6S/c1-21(2)32-30(36)26(17-22-9-5-4-6-10-22)33(19-23-11-7-8-12-25(23)31)29(35)20-34(41(3,37)38)24-13-14-27-28(18-24)40-16-15-39-27/h4-14,18,21,26H,15-17,19-20H2,1-3H3,(H,32,36). The molecule has 0 fully saturated rings. The number of rotatable bonds is 11. The van der Waals surface area contributed by atoms with Crippen molar-refractivity contribution in [1.29, 1.82) is 0 Å². The van der Waals surface area contributed by atoms with Crippen molar-refractivity contribution in [2.45, 2.75) is 38.9 Å². The van der Waals surface area contributed by atoms with Gasteiger partial charge in [0.25, 0.3) is 0 Å². The van der Waals surface area contributed by atoms with Crippen molar-refractivity contribution in [3.05, 3.63) is 88.9 Å². The minimum atomic E-state index is -3.92. The molecule has 0 radical (unpaired) electrons. The van der Waals surface area contributed by atoms with Crippen molar-refractivity contribution in [3.63, 3.8) is 0 Å². The summed E-state index contributed by atoms with van der Waals surface area (Å²) in [6.45, 7) is 3.85. The molecule has 0 saturated heterocycles. The topological polar surface area (TPSA) is 105 Å². The molecule has 1 N–H and O–H groups in total. The molecule has 11 heteroatoms. The number of ether oxygens (including phenoxy) is 2. The third kappa shape index (κ3) is 7.92. The van der Waals surface area contributed by atoms with Crippen LogP contribution < -0.4 is 19.1 Å². The number of hydrogen-bond acceptors (Lipinski definition) is 6. The number of benzene rings is 3. The Morgan fingerprint density at radius 3 is 2.27 bits per heavy atom. The molecule has 41 heavy (non-hydrogen) atoms. The van der Waals surface area contributed by atoms with E-state index in [9.17, 15) is 18.0 Å². The Morgan fingerprint density at radius 2 is 1.61 bits per heavy atom. The van der Waals surface area contributed by atoms with E-state index in [0.717, 1.165) is 16.1 Å². The van der Waals surface area contributed by atoms with Crippen LogP contribution in [-0.2, 0) is 32.6 Å². The molecule has 1 aliphatic heterocycles. The molecular formula is C30H34ClN3O6S. The SMILES string of the molecule is CC(C)NC(=O)C(Cc1ccccc1)N(Cc1ccccc1Cl)C(=O)CN(c1ccc2c(c1)OCCO2)S(C)(=O)=O. The number of sulfonamides is 1. The lowest BCUT2D eigenvalue weighted by Crippen LogP contribution is -2.54. The van der Waals surface area contributed by atoms with Crippen LogP contribution in [0.3, 0.4) is 0 Å². The Hall–Kier alpha value is -3.76. The fourth-order valence-electron chi connectivity index (χ4n) is 4.55. The number of fused-ring (bicyclic) bond motifs is 1.